The third-order valence-electron chi connectivity index (χ3n) is 21.0. The number of aryl methyl sites for hydroxylation is 6. The van der Waals surface area contributed by atoms with Crippen LogP contribution in [0.3, 0.4) is 0 Å². The molecule has 0 spiro atoms. The molecule has 3 saturated heterocycles. The standard InChI is InChI=1S/C29H32F4N8O4.C29H32F4N8O3.C24H24F4N8O2.C5H10O2/c1-28(2,3)45-27(43)40-14-19(15-40)23-12-17-10-20(36-38-25(17)35-23)6-4-5-9-41-16-24(37-39-41)26(42)34-13-18-11-21(7-8-22(18)30)44-29(31,32)33;1-28(2,3)27(43)40-14-19(15-40)23-12-17-10-20(36-38-25(17)35-23)6-4-5-9-41-16-24(37-39-41)26(42)34-13-18-11-21(7-8-22(18)30)44-29(31,32)33;25-19-5-4-18(38-24(26,27)28)8-15(19)12-30-23(37)21-13-36(35-33-21)6-2-1-3-17-7-14-9-20(16-10-29-11-16)31-22(14)34-32-17;1-5(2,3)4(6)7/h7-8,10-12,16,19H,4-6,9,13-15H2,1-3H3,(H,34,42)(H,35,38);7-8,10-12,16,19H,4-6,9,13-15H2,1-3H3,(H,34,42)(H,35,38);4-5,7-9,13,16,29H,1-3,6,10-12H2,(H,30,37)(H,31,34);1-3H3,(H,6,7). The number of fused-ring (bicyclic) bond motifs is 3. The Bertz CT molecular complexity index is 6110. The fraction of sp³-hybridized carbons (Fsp3) is 0.448. The Morgan fingerprint density at radius 3 is 1.01 bits per heavy atom. The van der Waals surface area contributed by atoms with Crippen molar-refractivity contribution in [1.82, 2.24) is 122 Å². The van der Waals surface area contributed by atoms with Crippen molar-refractivity contribution in [3.8, 4) is 17.2 Å². The van der Waals surface area contributed by atoms with Crippen molar-refractivity contribution in [3.05, 3.63) is 195 Å². The number of aromatic nitrogens is 18. The number of halogens is 12. The summed E-state index contributed by atoms with van der Waals surface area (Å²) < 4.78 is 175. The zero-order valence-electron chi connectivity index (χ0n) is 74.1. The molecule has 3 aliphatic rings. The number of likely N-dealkylation sites (tertiary alicyclic amines) is 2. The monoisotopic (exact) mass is 1880 g/mol. The minimum Gasteiger partial charge on any atom is -0.481 e. The van der Waals surface area contributed by atoms with Gasteiger partial charge in [0.25, 0.3) is 17.7 Å². The number of nitrogens with zero attached hydrogens (tertiary/aromatic N) is 17. The highest BCUT2D eigenvalue weighted by atomic mass is 19.4. The van der Waals surface area contributed by atoms with Gasteiger partial charge < -0.3 is 70.1 Å². The molecule has 3 aromatic carbocycles. The number of hydrogen-bond donors (Lipinski definition) is 8. The first-order valence-electron chi connectivity index (χ1n) is 42.6. The SMILES string of the molecule is CC(C)(C)C(=O)N1CC(c2cc3cc(CCCCn4cc(C(=O)NCc5cc(OC(F)(F)F)ccc5F)nn4)nnc3[nH]2)C1.CC(C)(C)C(=O)O.CC(C)(C)OC(=O)N1CC(c2cc3cc(CCCCn4cc(C(=O)NCc5cc(OC(F)(F)F)ccc5F)nn4)nnc3[nH]2)C1.O=C(NCc1cc(OC(F)(F)F)ccc1F)c1cn(CCCCc2cc3cc(C4CNC4)[nH]c3nn2)nn1. The number of hydrogen-bond acceptors (Lipinski definition) is 23. The predicted octanol–water partition coefficient (Wildman–Crippen LogP) is 13.7. The van der Waals surface area contributed by atoms with Gasteiger partial charge in [-0.25, -0.2) is 18.0 Å². The summed E-state index contributed by atoms with van der Waals surface area (Å²) in [7, 11) is 0. The summed E-state index contributed by atoms with van der Waals surface area (Å²) in [6.07, 6.45) is -4.08. The lowest BCUT2D eigenvalue weighted by Gasteiger charge is -2.42. The Kier molecular flexibility index (Phi) is 31.3. The van der Waals surface area contributed by atoms with Crippen LogP contribution in [0.1, 0.15) is 201 Å². The van der Waals surface area contributed by atoms with Crippen molar-refractivity contribution >= 4 is 68.8 Å². The molecule has 0 unspecified atom stereocenters. The first-order valence-corrected chi connectivity index (χ1v) is 42.6. The van der Waals surface area contributed by atoms with E-state index in [1.807, 2.05) is 70.7 Å². The second kappa shape index (κ2) is 42.3. The molecule has 0 bridgehead atoms. The zero-order valence-corrected chi connectivity index (χ0v) is 74.1. The predicted molar refractivity (Wildman–Crippen MR) is 455 cm³/mol. The molecule has 15 rings (SSSR count). The Morgan fingerprint density at radius 2 is 0.724 bits per heavy atom. The highest BCUT2D eigenvalue weighted by Crippen LogP contribution is 2.35. The number of benzene rings is 3. The number of carbonyl (C=O) groups is 6. The molecule has 12 heterocycles. The quantitative estimate of drug-likeness (QED) is 0.0153. The van der Waals surface area contributed by atoms with Crippen LogP contribution in [0.4, 0.5) is 57.5 Å². The van der Waals surface area contributed by atoms with Gasteiger partial charge in [0, 0.05) is 152 Å². The number of aliphatic carboxylic acids is 1. The zero-order chi connectivity index (χ0) is 96.8. The number of alkyl halides is 9. The number of amides is 5. The fourth-order valence-electron chi connectivity index (χ4n) is 13.7. The first kappa shape index (κ1) is 99.1. The summed E-state index contributed by atoms with van der Waals surface area (Å²) in [6.45, 7) is 21.1. The largest absolute Gasteiger partial charge is 0.573 e. The number of carboxylic acid groups (broad SMARTS) is 1. The number of unbranched alkanes of at least 4 members (excludes halogenated alkanes) is 3. The lowest BCUT2D eigenvalue weighted by atomic mass is 9.89. The maximum absolute atomic E-state index is 14.0. The van der Waals surface area contributed by atoms with Crippen LogP contribution in [-0.2, 0) is 72.9 Å². The van der Waals surface area contributed by atoms with Crippen molar-refractivity contribution in [1.29, 1.82) is 0 Å². The third kappa shape index (κ3) is 28.8. The highest BCUT2D eigenvalue weighted by Gasteiger charge is 2.40. The number of H-pyrrole nitrogens is 3. The summed E-state index contributed by atoms with van der Waals surface area (Å²) in [6, 6.07) is 19.9. The van der Waals surface area contributed by atoms with Gasteiger partial charge in [-0.1, -0.05) is 36.4 Å². The number of aromatic amines is 3. The smallest absolute Gasteiger partial charge is 0.481 e. The Balaban J connectivity index is 0.000000175. The van der Waals surface area contributed by atoms with E-state index >= 15 is 0 Å². The topological polar surface area (TPSA) is 431 Å². The molecule has 9 aromatic heterocycles. The molecule has 3 fully saturated rings. The van der Waals surface area contributed by atoms with E-state index < -0.39 is 93.9 Å². The Morgan fingerprint density at radius 1 is 0.410 bits per heavy atom. The lowest BCUT2D eigenvalue weighted by Crippen LogP contribution is -2.52. The molecule has 716 valence electrons. The fourth-order valence-corrected chi connectivity index (χ4v) is 13.7. The van der Waals surface area contributed by atoms with Crippen molar-refractivity contribution in [2.24, 2.45) is 10.8 Å². The summed E-state index contributed by atoms with van der Waals surface area (Å²) >= 11 is 0. The number of rotatable bonds is 30. The van der Waals surface area contributed by atoms with E-state index in [0.29, 0.717) is 82.3 Å². The maximum Gasteiger partial charge on any atom is 0.573 e. The minimum atomic E-state index is -4.92. The molecule has 35 nitrogen and oxygen atoms in total. The molecular weight excluding hydrogens is 1790 g/mol. The van der Waals surface area contributed by atoms with Crippen molar-refractivity contribution in [2.75, 3.05) is 39.3 Å². The third-order valence-corrected chi connectivity index (χ3v) is 21.0. The van der Waals surface area contributed by atoms with Crippen LogP contribution >= 0.6 is 0 Å². The normalized spacial score (nSPS) is 13.9. The highest BCUT2D eigenvalue weighted by molar-refractivity contribution is 5.93. The lowest BCUT2D eigenvalue weighted by molar-refractivity contribution is -0.275. The van der Waals surface area contributed by atoms with E-state index in [4.69, 9.17) is 9.84 Å². The van der Waals surface area contributed by atoms with Gasteiger partial charge in [-0.05, 0) is 190 Å². The van der Waals surface area contributed by atoms with Crippen LogP contribution in [0.15, 0.2) is 110 Å². The van der Waals surface area contributed by atoms with Crippen LogP contribution in [0.2, 0.25) is 0 Å². The van der Waals surface area contributed by atoms with E-state index in [9.17, 15) is 81.5 Å². The van der Waals surface area contributed by atoms with Crippen LogP contribution < -0.4 is 35.5 Å². The van der Waals surface area contributed by atoms with Crippen molar-refractivity contribution in [3.63, 3.8) is 0 Å². The number of nitrogens with one attached hydrogen (secondary N) is 7. The van der Waals surface area contributed by atoms with Crippen LogP contribution in [0, 0.1) is 28.3 Å². The van der Waals surface area contributed by atoms with Gasteiger partial charge in [0.1, 0.15) is 40.3 Å². The van der Waals surface area contributed by atoms with Gasteiger partial charge in [0.15, 0.2) is 34.0 Å². The Hall–Kier alpha value is -13.9. The van der Waals surface area contributed by atoms with Gasteiger partial charge in [-0.3, -0.25) is 38.0 Å². The van der Waals surface area contributed by atoms with Crippen molar-refractivity contribution < 1.29 is 106 Å². The summed E-state index contributed by atoms with van der Waals surface area (Å²) in [4.78, 5) is 85.4. The van der Waals surface area contributed by atoms with E-state index in [2.05, 4.69) is 124 Å². The number of ether oxygens (including phenoxy) is 4. The summed E-state index contributed by atoms with van der Waals surface area (Å²) in [5.41, 5.74) is 5.92. The van der Waals surface area contributed by atoms with Crippen LogP contribution in [0.5, 0.6) is 17.2 Å². The molecule has 0 radical (unpaired) electrons. The molecule has 3 aliphatic heterocycles. The molecule has 0 aliphatic carbocycles. The second-order valence-corrected chi connectivity index (χ2v) is 35.2. The van der Waals surface area contributed by atoms with Gasteiger partial charge in [0.2, 0.25) is 5.91 Å². The van der Waals surface area contributed by atoms with Gasteiger partial charge in [-0.15, -0.1) is 70.1 Å². The molecule has 47 heteroatoms. The van der Waals surface area contributed by atoms with Crippen molar-refractivity contribution in [2.45, 2.75) is 202 Å². The number of carboxylic acids is 1. The van der Waals surface area contributed by atoms with E-state index in [-0.39, 0.29) is 77.2 Å². The van der Waals surface area contributed by atoms with Crippen LogP contribution in [0.25, 0.3) is 33.1 Å². The molecule has 12 aromatic rings. The molecule has 0 atom stereocenters. The molecular formula is C87H98F12N24O11. The van der Waals surface area contributed by atoms with E-state index in [0.717, 1.165) is 156 Å². The van der Waals surface area contributed by atoms with Gasteiger partial charge in [0.05, 0.1) is 41.1 Å². The molecule has 0 saturated carbocycles. The average Bonchev–Trinajstić information content (AvgIpc) is 1.57. The van der Waals surface area contributed by atoms with E-state index in [1.165, 1.54) is 38.3 Å². The first-order chi connectivity index (χ1) is 63.1. The van der Waals surface area contributed by atoms with Gasteiger partial charge in [-0.2, -0.15) is 15.3 Å². The summed E-state index contributed by atoms with van der Waals surface area (Å²) in [5, 5.41) is 70.9. The summed E-state index contributed by atoms with van der Waals surface area (Å²) in [5.74, 6) is -5.75. The molecule has 134 heavy (non-hydrogen) atoms. The number of carbonyl (C=O) groups excluding carboxylic acids is 5. The van der Waals surface area contributed by atoms with Crippen LogP contribution in [-0.4, -0.2) is 205 Å². The molecule has 8 N–H and O–H groups in total. The minimum absolute atomic E-state index is 0.00865. The average molecular weight is 1880 g/mol. The van der Waals surface area contributed by atoms with Gasteiger partial charge >= 0.3 is 31.1 Å². The maximum atomic E-state index is 14.0. The van der Waals surface area contributed by atoms with E-state index in [1.54, 1.807) is 25.7 Å². The Labute approximate surface area is 757 Å². The molecule has 5 amide bonds. The second-order valence-electron chi connectivity index (χ2n) is 35.2.